The Hall–Kier alpha value is -1.29. The van der Waals surface area contributed by atoms with Crippen LogP contribution >= 0.6 is 0 Å². The van der Waals surface area contributed by atoms with Crippen molar-refractivity contribution in [3.63, 3.8) is 0 Å². The fourth-order valence-corrected chi connectivity index (χ4v) is 2.33. The van der Waals surface area contributed by atoms with Crippen LogP contribution in [0.3, 0.4) is 0 Å². The van der Waals surface area contributed by atoms with Crippen LogP contribution in [0.1, 0.15) is 18.1 Å². The first-order valence-corrected chi connectivity index (χ1v) is 5.80. The van der Waals surface area contributed by atoms with Crippen molar-refractivity contribution in [3.05, 3.63) is 54.1 Å². The van der Waals surface area contributed by atoms with Crippen molar-refractivity contribution >= 4 is 5.97 Å². The Morgan fingerprint density at radius 3 is 2.42 bits per heavy atom. The largest absolute Gasteiger partial charge is 1.00 e. The van der Waals surface area contributed by atoms with Gasteiger partial charge in [0.1, 0.15) is 11.9 Å². The van der Waals surface area contributed by atoms with Crippen LogP contribution in [0.4, 0.5) is 0 Å². The van der Waals surface area contributed by atoms with Crippen LogP contribution in [0.2, 0.25) is 0 Å². The van der Waals surface area contributed by atoms with E-state index in [1.54, 1.807) is 0 Å². The average Bonchev–Trinajstić information content (AvgIpc) is 2.38. The van der Waals surface area contributed by atoms with Crippen molar-refractivity contribution < 1.29 is 44.2 Å². The number of carbonyl (C=O) groups is 1. The van der Waals surface area contributed by atoms with E-state index in [0.717, 1.165) is 22.4 Å². The molecule has 0 aromatic heterocycles. The summed E-state index contributed by atoms with van der Waals surface area (Å²) in [7, 11) is 0. The first-order chi connectivity index (χ1) is 8.75. The predicted molar refractivity (Wildman–Crippen MR) is 64.9 cm³/mol. The second-order valence-electron chi connectivity index (χ2n) is 4.27. The zero-order valence-corrected chi connectivity index (χ0v) is 12.6. The summed E-state index contributed by atoms with van der Waals surface area (Å²) in [6, 6.07) is 15.4. The smallest absolute Gasteiger partial charge is 0.550 e. The van der Waals surface area contributed by atoms with Gasteiger partial charge in [-0.25, -0.2) is 0 Å². The monoisotopic (exact) mass is 262 g/mol. The van der Waals surface area contributed by atoms with Crippen LogP contribution in [0, 0.1) is 0 Å². The van der Waals surface area contributed by atoms with E-state index in [4.69, 9.17) is 4.74 Å². The van der Waals surface area contributed by atoms with E-state index in [9.17, 15) is 9.90 Å². The van der Waals surface area contributed by atoms with E-state index in [-0.39, 0.29) is 36.0 Å². The average molecular weight is 262 g/mol. The van der Waals surface area contributed by atoms with Gasteiger partial charge in [-0.05, 0) is 11.6 Å². The van der Waals surface area contributed by atoms with Gasteiger partial charge in [0.2, 0.25) is 0 Å². The van der Waals surface area contributed by atoms with E-state index < -0.39 is 12.1 Å². The van der Waals surface area contributed by atoms with Gasteiger partial charge in [-0.2, -0.15) is 0 Å². The van der Waals surface area contributed by atoms with Crippen molar-refractivity contribution in [1.29, 1.82) is 0 Å². The summed E-state index contributed by atoms with van der Waals surface area (Å²) in [5.74, 6) is -0.378. The number of benzene rings is 2. The number of aliphatic carboxylic acids is 1. The maximum atomic E-state index is 10.8. The predicted octanol–water partition coefficient (Wildman–Crippen LogP) is -1.07. The molecule has 1 aliphatic rings. The zero-order chi connectivity index (χ0) is 12.5. The minimum atomic E-state index is -1.10. The number of rotatable bonds is 2. The molecule has 4 heteroatoms. The molecular weight excluding hydrogens is 251 g/mol. The third-order valence-electron chi connectivity index (χ3n) is 3.11. The minimum absolute atomic E-state index is 0. The normalized spacial score (nSPS) is 15.5. The molecule has 0 aliphatic carbocycles. The summed E-state index contributed by atoms with van der Waals surface area (Å²) in [5.41, 5.74) is 2.94. The summed E-state index contributed by atoms with van der Waals surface area (Å²) in [4.78, 5) is 10.8. The minimum Gasteiger partial charge on any atom is -0.550 e. The van der Waals surface area contributed by atoms with E-state index in [0.29, 0.717) is 0 Å². The molecule has 1 aliphatic heterocycles. The zero-order valence-electron chi connectivity index (χ0n) is 10.6. The molecule has 3 nitrogen and oxygen atoms in total. The number of carbonyl (C=O) groups excluding carboxylic acids is 1. The molecule has 0 saturated carbocycles. The van der Waals surface area contributed by atoms with Gasteiger partial charge in [0.25, 0.3) is 0 Å². The van der Waals surface area contributed by atoms with Crippen LogP contribution < -0.4 is 39.4 Å². The van der Waals surface area contributed by atoms with Gasteiger partial charge in [-0.1, -0.05) is 42.5 Å². The fraction of sp³-hybridized carbons (Fsp3) is 0.133. The quantitative estimate of drug-likeness (QED) is 0.648. The third-order valence-corrected chi connectivity index (χ3v) is 3.11. The summed E-state index contributed by atoms with van der Waals surface area (Å²) >= 11 is 0. The number of hydrogen-bond acceptors (Lipinski definition) is 3. The second kappa shape index (κ2) is 5.78. The maximum absolute atomic E-state index is 10.8. The van der Waals surface area contributed by atoms with Crippen molar-refractivity contribution in [3.8, 4) is 16.9 Å². The van der Waals surface area contributed by atoms with E-state index >= 15 is 0 Å². The molecule has 3 rings (SSSR count). The third kappa shape index (κ3) is 2.68. The number of para-hydroxylation sites is 1. The molecule has 0 fully saturated rings. The Kier molecular flexibility index (Phi) is 4.30. The molecular formula is C15H11NaO3. The molecule has 0 N–H and O–H groups in total. The molecule has 2 aromatic rings. The number of fused-ring (bicyclic) bond motifs is 3. The van der Waals surface area contributed by atoms with Crippen molar-refractivity contribution in [2.24, 2.45) is 0 Å². The van der Waals surface area contributed by atoms with E-state index in [1.165, 1.54) is 0 Å². The SMILES string of the molecule is O=C([O-])CC1Oc2ccccc2-c2ccccc21.[Na+]. The van der Waals surface area contributed by atoms with Gasteiger partial charge in [-0.3, -0.25) is 0 Å². The number of carboxylic acid groups (broad SMARTS) is 1. The molecule has 1 heterocycles. The number of carboxylic acids is 1. The van der Waals surface area contributed by atoms with E-state index in [2.05, 4.69) is 0 Å². The van der Waals surface area contributed by atoms with Gasteiger partial charge < -0.3 is 14.6 Å². The molecule has 0 saturated heterocycles. The first-order valence-electron chi connectivity index (χ1n) is 5.80. The Morgan fingerprint density at radius 2 is 1.68 bits per heavy atom. The van der Waals surface area contributed by atoms with Crippen molar-refractivity contribution in [1.82, 2.24) is 0 Å². The van der Waals surface area contributed by atoms with Crippen LogP contribution in [-0.4, -0.2) is 5.97 Å². The van der Waals surface area contributed by atoms with Gasteiger partial charge in [0, 0.05) is 23.5 Å². The maximum Gasteiger partial charge on any atom is 1.00 e. The Bertz CT molecular complexity index is 610. The van der Waals surface area contributed by atoms with Crippen LogP contribution in [0.25, 0.3) is 11.1 Å². The molecule has 2 aromatic carbocycles. The Labute approximate surface area is 133 Å². The fourth-order valence-electron chi connectivity index (χ4n) is 2.33. The molecule has 1 unspecified atom stereocenters. The summed E-state index contributed by atoms with van der Waals surface area (Å²) < 4.78 is 5.75. The number of ether oxygens (including phenoxy) is 1. The Balaban J connectivity index is 0.00000133. The van der Waals surface area contributed by atoms with Gasteiger partial charge in [0.05, 0.1) is 0 Å². The van der Waals surface area contributed by atoms with Gasteiger partial charge in [-0.15, -0.1) is 0 Å². The van der Waals surface area contributed by atoms with Crippen LogP contribution in [0.5, 0.6) is 5.75 Å². The molecule has 90 valence electrons. The molecule has 19 heavy (non-hydrogen) atoms. The molecule has 1 atom stereocenters. The molecule has 0 amide bonds. The van der Waals surface area contributed by atoms with Crippen LogP contribution in [0.15, 0.2) is 48.5 Å². The molecule has 0 spiro atoms. The van der Waals surface area contributed by atoms with Crippen molar-refractivity contribution in [2.75, 3.05) is 0 Å². The van der Waals surface area contributed by atoms with Crippen LogP contribution in [-0.2, 0) is 4.79 Å². The summed E-state index contributed by atoms with van der Waals surface area (Å²) in [6.45, 7) is 0. The Morgan fingerprint density at radius 1 is 1.05 bits per heavy atom. The second-order valence-corrected chi connectivity index (χ2v) is 4.27. The molecule has 0 bridgehead atoms. The molecule has 0 radical (unpaired) electrons. The van der Waals surface area contributed by atoms with Gasteiger partial charge >= 0.3 is 29.6 Å². The van der Waals surface area contributed by atoms with Crippen molar-refractivity contribution in [2.45, 2.75) is 12.5 Å². The summed E-state index contributed by atoms with van der Waals surface area (Å²) in [6.07, 6.45) is -0.605. The van der Waals surface area contributed by atoms with E-state index in [1.807, 2.05) is 48.5 Å². The first kappa shape index (κ1) is 14.1. The topological polar surface area (TPSA) is 49.4 Å². The standard InChI is InChI=1S/C15H12O3.Na/c16-15(17)9-14-12-7-2-1-5-10(12)11-6-3-4-8-13(11)18-14;/h1-8,14H,9H2,(H,16,17);/q;+1/p-1. The summed E-state index contributed by atoms with van der Waals surface area (Å²) in [5, 5.41) is 10.8. The van der Waals surface area contributed by atoms with Gasteiger partial charge in [0.15, 0.2) is 0 Å². The number of hydrogen-bond donors (Lipinski definition) is 0.